The number of hydrogen-bond donors (Lipinski definition) is 2. The number of benzene rings is 2. The Labute approximate surface area is 171 Å². The number of hydrogen-bond acceptors (Lipinski definition) is 5. The van der Waals surface area contributed by atoms with Crippen molar-refractivity contribution in [2.75, 3.05) is 25.1 Å². The van der Waals surface area contributed by atoms with Gasteiger partial charge in [-0.3, -0.25) is 4.79 Å². The van der Waals surface area contributed by atoms with Crippen LogP contribution in [0.5, 0.6) is 5.75 Å². The summed E-state index contributed by atoms with van der Waals surface area (Å²) >= 11 is 0. The fourth-order valence-corrected chi connectivity index (χ4v) is 4.04. The van der Waals surface area contributed by atoms with Gasteiger partial charge in [0.2, 0.25) is 10.0 Å². The minimum absolute atomic E-state index is 0.0680. The summed E-state index contributed by atoms with van der Waals surface area (Å²) in [6, 6.07) is 13.6. The maximum absolute atomic E-state index is 12.4. The molecule has 1 amide bonds. The van der Waals surface area contributed by atoms with Gasteiger partial charge in [-0.1, -0.05) is 19.1 Å². The molecule has 29 heavy (non-hydrogen) atoms. The van der Waals surface area contributed by atoms with Gasteiger partial charge in [-0.2, -0.15) is 0 Å². The molecule has 0 bridgehead atoms. The first kappa shape index (κ1) is 21.3. The zero-order chi connectivity index (χ0) is 20.7. The lowest BCUT2D eigenvalue weighted by molar-refractivity contribution is -0.118. The minimum atomic E-state index is -3.61. The topological polar surface area (TPSA) is 93.7 Å². The molecule has 0 radical (unpaired) electrons. The monoisotopic (exact) mass is 418 g/mol. The van der Waals surface area contributed by atoms with Crippen molar-refractivity contribution in [2.45, 2.75) is 37.2 Å². The van der Waals surface area contributed by atoms with Gasteiger partial charge in [0.05, 0.1) is 11.0 Å². The fraction of sp³-hybridized carbons (Fsp3) is 0.381. The maximum Gasteiger partial charge on any atom is 0.262 e. The average Bonchev–Trinajstić information content (AvgIpc) is 3.25. The first-order valence-electron chi connectivity index (χ1n) is 9.69. The lowest BCUT2D eigenvalue weighted by Gasteiger charge is -2.12. The molecule has 0 saturated carbocycles. The first-order valence-corrected chi connectivity index (χ1v) is 11.2. The van der Waals surface area contributed by atoms with Crippen LogP contribution in [0.4, 0.5) is 5.69 Å². The third kappa shape index (κ3) is 6.28. The number of carbonyl (C=O) groups excluding carboxylic acids is 1. The van der Waals surface area contributed by atoms with Crippen LogP contribution >= 0.6 is 0 Å². The molecule has 1 fully saturated rings. The summed E-state index contributed by atoms with van der Waals surface area (Å²) < 4.78 is 38.2. The van der Waals surface area contributed by atoms with Crippen molar-refractivity contribution in [3.05, 3.63) is 54.1 Å². The van der Waals surface area contributed by atoms with Gasteiger partial charge in [0.1, 0.15) is 5.75 Å². The maximum atomic E-state index is 12.4. The summed E-state index contributed by atoms with van der Waals surface area (Å²) in [4.78, 5) is 12.2. The van der Waals surface area contributed by atoms with Crippen LogP contribution in [-0.4, -0.2) is 40.2 Å². The molecule has 1 aliphatic heterocycles. The van der Waals surface area contributed by atoms with E-state index in [0.717, 1.165) is 19.3 Å². The van der Waals surface area contributed by atoms with E-state index in [2.05, 4.69) is 17.0 Å². The molecule has 1 atom stereocenters. The highest BCUT2D eigenvalue weighted by Gasteiger charge is 2.20. The molecule has 1 heterocycles. The van der Waals surface area contributed by atoms with Crippen molar-refractivity contribution >= 4 is 21.6 Å². The Morgan fingerprint density at radius 1 is 1.14 bits per heavy atom. The molecule has 8 heteroatoms. The molecule has 2 aromatic rings. The summed E-state index contributed by atoms with van der Waals surface area (Å²) in [6.45, 7) is 2.88. The van der Waals surface area contributed by atoms with Gasteiger partial charge in [-0.25, -0.2) is 13.1 Å². The number of carbonyl (C=O) groups is 1. The third-order valence-electron chi connectivity index (χ3n) is 4.67. The molecule has 7 nitrogen and oxygen atoms in total. The van der Waals surface area contributed by atoms with Gasteiger partial charge in [-0.05, 0) is 61.2 Å². The van der Waals surface area contributed by atoms with Gasteiger partial charge in [0.25, 0.3) is 5.91 Å². The quantitative estimate of drug-likeness (QED) is 0.653. The second-order valence-electron chi connectivity index (χ2n) is 6.85. The van der Waals surface area contributed by atoms with Crippen LogP contribution < -0.4 is 14.8 Å². The summed E-state index contributed by atoms with van der Waals surface area (Å²) in [5, 5.41) is 2.69. The van der Waals surface area contributed by atoms with Gasteiger partial charge in [-0.15, -0.1) is 0 Å². The Morgan fingerprint density at radius 2 is 1.86 bits per heavy atom. The molecule has 156 valence electrons. The van der Waals surface area contributed by atoms with E-state index in [1.165, 1.54) is 17.7 Å². The number of aryl methyl sites for hydroxylation is 1. The van der Waals surface area contributed by atoms with Crippen LogP contribution in [0.2, 0.25) is 0 Å². The molecular formula is C21H26N2O5S. The number of anilines is 1. The SMILES string of the molecule is CCc1ccc(OCC(=O)Nc2ccc(S(=O)(=O)NCC3CCCO3)cc2)cc1. The van der Waals surface area contributed by atoms with E-state index in [-0.39, 0.29) is 30.1 Å². The zero-order valence-electron chi connectivity index (χ0n) is 16.4. The van der Waals surface area contributed by atoms with Gasteiger partial charge < -0.3 is 14.8 Å². The van der Waals surface area contributed by atoms with E-state index in [1.54, 1.807) is 12.1 Å². The lowest BCUT2D eigenvalue weighted by Crippen LogP contribution is -2.31. The number of nitrogens with one attached hydrogen (secondary N) is 2. The summed E-state index contributed by atoms with van der Waals surface area (Å²) in [7, 11) is -3.61. The standard InChI is InChI=1S/C21H26N2O5S/c1-2-16-5-9-18(10-6-16)28-15-21(24)23-17-7-11-20(12-8-17)29(25,26)22-14-19-4-3-13-27-19/h5-12,19,22H,2-4,13-15H2,1H3,(H,23,24). The van der Waals surface area contributed by atoms with Crippen molar-refractivity contribution in [3.63, 3.8) is 0 Å². The molecule has 2 aromatic carbocycles. The first-order chi connectivity index (χ1) is 14.0. The number of amides is 1. The van der Waals surface area contributed by atoms with E-state index in [0.29, 0.717) is 18.0 Å². The van der Waals surface area contributed by atoms with Crippen LogP contribution in [0.25, 0.3) is 0 Å². The van der Waals surface area contributed by atoms with Crippen molar-refractivity contribution in [1.82, 2.24) is 4.72 Å². The molecule has 1 saturated heterocycles. The molecular weight excluding hydrogens is 392 g/mol. The zero-order valence-corrected chi connectivity index (χ0v) is 17.2. The van der Waals surface area contributed by atoms with Gasteiger partial charge in [0.15, 0.2) is 6.61 Å². The largest absolute Gasteiger partial charge is 0.484 e. The molecule has 0 aromatic heterocycles. The van der Waals surface area contributed by atoms with Crippen LogP contribution in [0.1, 0.15) is 25.3 Å². The Kier molecular flexibility index (Phi) is 7.24. The van der Waals surface area contributed by atoms with Crippen LogP contribution in [0.15, 0.2) is 53.4 Å². The molecule has 1 aliphatic rings. The summed E-state index contributed by atoms with van der Waals surface area (Å²) in [5.41, 5.74) is 1.69. The van der Waals surface area contributed by atoms with Gasteiger partial charge in [0, 0.05) is 18.8 Å². The van der Waals surface area contributed by atoms with Crippen molar-refractivity contribution in [2.24, 2.45) is 0 Å². The van der Waals surface area contributed by atoms with E-state index < -0.39 is 10.0 Å². The van der Waals surface area contributed by atoms with Crippen LogP contribution in [-0.2, 0) is 26.0 Å². The Morgan fingerprint density at radius 3 is 2.48 bits per heavy atom. The summed E-state index contributed by atoms with van der Waals surface area (Å²) in [5.74, 6) is 0.299. The minimum Gasteiger partial charge on any atom is -0.484 e. The van der Waals surface area contributed by atoms with Gasteiger partial charge >= 0.3 is 0 Å². The molecule has 0 aliphatic carbocycles. The second-order valence-corrected chi connectivity index (χ2v) is 8.61. The fourth-order valence-electron chi connectivity index (χ4n) is 2.98. The summed E-state index contributed by atoms with van der Waals surface area (Å²) in [6.07, 6.45) is 2.69. The third-order valence-corrected chi connectivity index (χ3v) is 6.11. The molecule has 2 N–H and O–H groups in total. The number of ether oxygens (including phenoxy) is 2. The average molecular weight is 419 g/mol. The Balaban J connectivity index is 1.49. The molecule has 3 rings (SSSR count). The van der Waals surface area contributed by atoms with E-state index in [1.807, 2.05) is 24.3 Å². The van der Waals surface area contributed by atoms with Crippen LogP contribution in [0.3, 0.4) is 0 Å². The predicted octanol–water partition coefficient (Wildman–Crippen LogP) is 2.72. The lowest BCUT2D eigenvalue weighted by atomic mass is 10.2. The Hall–Kier alpha value is -2.42. The van der Waals surface area contributed by atoms with E-state index in [4.69, 9.17) is 9.47 Å². The highest BCUT2D eigenvalue weighted by Crippen LogP contribution is 2.16. The molecule has 1 unspecified atom stereocenters. The number of sulfonamides is 1. The Bertz CT molecular complexity index is 905. The van der Waals surface area contributed by atoms with Crippen LogP contribution in [0, 0.1) is 0 Å². The normalized spacial score (nSPS) is 16.5. The highest BCUT2D eigenvalue weighted by molar-refractivity contribution is 7.89. The highest BCUT2D eigenvalue weighted by atomic mass is 32.2. The van der Waals surface area contributed by atoms with Crippen molar-refractivity contribution in [3.8, 4) is 5.75 Å². The molecule has 0 spiro atoms. The van der Waals surface area contributed by atoms with Crippen molar-refractivity contribution in [1.29, 1.82) is 0 Å². The second kappa shape index (κ2) is 9.87. The predicted molar refractivity (Wildman–Crippen MR) is 111 cm³/mol. The van der Waals surface area contributed by atoms with E-state index >= 15 is 0 Å². The van der Waals surface area contributed by atoms with Crippen molar-refractivity contribution < 1.29 is 22.7 Å². The number of rotatable bonds is 9. The van der Waals surface area contributed by atoms with E-state index in [9.17, 15) is 13.2 Å². The smallest absolute Gasteiger partial charge is 0.262 e.